The first kappa shape index (κ1) is 12.9. The van der Waals surface area contributed by atoms with Gasteiger partial charge in [0.05, 0.1) is 0 Å². The monoisotopic (exact) mass is 284 g/mol. The lowest BCUT2D eigenvalue weighted by molar-refractivity contribution is 1.36. The Morgan fingerprint density at radius 2 is 1.26 bits per heavy atom. The van der Waals surface area contributed by atoms with Crippen molar-refractivity contribution in [3.8, 4) is 0 Å². The Balaban J connectivity index is 2.60. The van der Waals surface area contributed by atoms with Gasteiger partial charge in [0.25, 0.3) is 0 Å². The van der Waals surface area contributed by atoms with Gasteiger partial charge in [-0.05, 0) is 41.0 Å². The van der Waals surface area contributed by atoms with E-state index in [4.69, 9.17) is 0 Å². The van der Waals surface area contributed by atoms with E-state index in [1.165, 1.54) is 36.9 Å². The van der Waals surface area contributed by atoms with Crippen molar-refractivity contribution in [1.82, 2.24) is 0 Å². The van der Waals surface area contributed by atoms with Gasteiger partial charge in [-0.3, -0.25) is 0 Å². The van der Waals surface area contributed by atoms with E-state index in [9.17, 15) is 0 Å². The van der Waals surface area contributed by atoms with Crippen molar-refractivity contribution >= 4 is 45.1 Å². The molecule has 0 N–H and O–H groups in total. The Morgan fingerprint density at radius 3 is 1.89 bits per heavy atom. The third kappa shape index (κ3) is 2.03. The van der Waals surface area contributed by atoms with E-state index >= 15 is 0 Å². The highest BCUT2D eigenvalue weighted by atomic mass is 32.2. The van der Waals surface area contributed by atoms with Crippen LogP contribution >= 0.6 is 23.5 Å². The lowest BCUT2D eigenvalue weighted by atomic mass is 10.00. The van der Waals surface area contributed by atoms with E-state index < -0.39 is 0 Å². The molecule has 0 saturated heterocycles. The van der Waals surface area contributed by atoms with Gasteiger partial charge in [0.1, 0.15) is 0 Å². The van der Waals surface area contributed by atoms with Gasteiger partial charge in [0.15, 0.2) is 0 Å². The van der Waals surface area contributed by atoms with Crippen LogP contribution in [-0.2, 0) is 0 Å². The fourth-order valence-electron chi connectivity index (χ4n) is 2.64. The zero-order valence-corrected chi connectivity index (χ0v) is 13.0. The Labute approximate surface area is 122 Å². The van der Waals surface area contributed by atoms with Crippen LogP contribution in [0.4, 0.5) is 0 Å². The maximum atomic E-state index is 2.31. The minimum atomic E-state index is 1.32. The third-order valence-corrected chi connectivity index (χ3v) is 5.29. The number of fused-ring (bicyclic) bond motifs is 3. The molecule has 0 aliphatic heterocycles. The van der Waals surface area contributed by atoms with Crippen LogP contribution in [0.15, 0.2) is 52.3 Å². The SMILES string of the molecule is CSc1c(SC)c2ccc(C)cc2c2ccccc12. The Morgan fingerprint density at radius 1 is 0.684 bits per heavy atom. The topological polar surface area (TPSA) is 0 Å². The van der Waals surface area contributed by atoms with E-state index in [1.807, 2.05) is 23.5 Å². The lowest BCUT2D eigenvalue weighted by Crippen LogP contribution is -1.87. The molecule has 0 aliphatic rings. The molecule has 0 fully saturated rings. The summed E-state index contributed by atoms with van der Waals surface area (Å²) in [7, 11) is 0. The van der Waals surface area contributed by atoms with Gasteiger partial charge in [0.2, 0.25) is 0 Å². The number of rotatable bonds is 2. The van der Waals surface area contributed by atoms with E-state index in [-0.39, 0.29) is 0 Å². The van der Waals surface area contributed by atoms with E-state index in [0.717, 1.165) is 0 Å². The first-order valence-corrected chi connectivity index (χ1v) is 8.74. The Hall–Kier alpha value is -1.12. The standard InChI is InChI=1S/C17H16S2/c1-11-8-9-14-15(10-11)12-6-4-5-7-13(12)16(18-2)17(14)19-3/h4-10H,1-3H3. The van der Waals surface area contributed by atoms with Crippen molar-refractivity contribution in [3.63, 3.8) is 0 Å². The van der Waals surface area contributed by atoms with Crippen LogP contribution in [0.5, 0.6) is 0 Å². The van der Waals surface area contributed by atoms with Gasteiger partial charge in [-0.2, -0.15) is 0 Å². The second-order valence-corrected chi connectivity index (χ2v) is 6.29. The van der Waals surface area contributed by atoms with Gasteiger partial charge in [-0.25, -0.2) is 0 Å². The van der Waals surface area contributed by atoms with Crippen LogP contribution in [0.2, 0.25) is 0 Å². The summed E-state index contributed by atoms with van der Waals surface area (Å²) in [5.74, 6) is 0. The predicted molar refractivity (Wildman–Crippen MR) is 89.8 cm³/mol. The van der Waals surface area contributed by atoms with Crippen LogP contribution in [0.1, 0.15) is 5.56 Å². The number of aryl methyl sites for hydroxylation is 1. The quantitative estimate of drug-likeness (QED) is 0.434. The molecule has 3 aromatic rings. The molecule has 0 bridgehead atoms. The second-order valence-electron chi connectivity index (χ2n) is 4.66. The molecule has 96 valence electrons. The Bertz CT molecular complexity index is 760. The Kier molecular flexibility index (Phi) is 3.46. The normalized spacial score (nSPS) is 11.3. The molecule has 19 heavy (non-hydrogen) atoms. The van der Waals surface area contributed by atoms with E-state index in [2.05, 4.69) is 61.9 Å². The highest BCUT2D eigenvalue weighted by Crippen LogP contribution is 2.42. The molecule has 0 amide bonds. The molecule has 0 aromatic heterocycles. The zero-order valence-electron chi connectivity index (χ0n) is 11.4. The minimum Gasteiger partial charge on any atom is -0.128 e. The summed E-state index contributed by atoms with van der Waals surface area (Å²) < 4.78 is 0. The van der Waals surface area contributed by atoms with Gasteiger partial charge in [-0.15, -0.1) is 23.5 Å². The van der Waals surface area contributed by atoms with Crippen LogP contribution in [0.3, 0.4) is 0 Å². The molecule has 0 nitrogen and oxygen atoms in total. The molecule has 3 rings (SSSR count). The maximum Gasteiger partial charge on any atom is 0.0290 e. The van der Waals surface area contributed by atoms with Crippen LogP contribution < -0.4 is 0 Å². The average molecular weight is 284 g/mol. The molecular formula is C17H16S2. The fourth-order valence-corrected chi connectivity index (χ4v) is 4.53. The summed E-state index contributed by atoms with van der Waals surface area (Å²) in [5.41, 5.74) is 1.32. The van der Waals surface area contributed by atoms with Crippen molar-refractivity contribution in [3.05, 3.63) is 48.0 Å². The van der Waals surface area contributed by atoms with Gasteiger partial charge in [0, 0.05) is 9.79 Å². The molecule has 0 spiro atoms. The molecule has 0 aliphatic carbocycles. The number of hydrogen-bond acceptors (Lipinski definition) is 2. The lowest BCUT2D eigenvalue weighted by Gasteiger charge is -2.14. The van der Waals surface area contributed by atoms with Crippen LogP contribution in [-0.4, -0.2) is 12.5 Å². The summed E-state index contributed by atoms with van der Waals surface area (Å²) in [6.45, 7) is 2.16. The highest BCUT2D eigenvalue weighted by Gasteiger charge is 2.12. The average Bonchev–Trinajstić information content (AvgIpc) is 2.45. The molecule has 0 heterocycles. The van der Waals surface area contributed by atoms with Crippen molar-refractivity contribution in [2.45, 2.75) is 16.7 Å². The summed E-state index contributed by atoms with van der Waals surface area (Å²) in [6, 6.07) is 15.5. The molecule has 0 atom stereocenters. The third-order valence-electron chi connectivity index (χ3n) is 3.50. The summed E-state index contributed by atoms with van der Waals surface area (Å²) in [4.78, 5) is 2.81. The van der Waals surface area contributed by atoms with Crippen molar-refractivity contribution in [2.24, 2.45) is 0 Å². The highest BCUT2D eigenvalue weighted by molar-refractivity contribution is 8.02. The molecule has 0 saturated carbocycles. The van der Waals surface area contributed by atoms with Crippen molar-refractivity contribution in [2.75, 3.05) is 12.5 Å². The molecule has 0 unspecified atom stereocenters. The zero-order chi connectivity index (χ0) is 13.4. The van der Waals surface area contributed by atoms with Gasteiger partial charge >= 0.3 is 0 Å². The predicted octanol–water partition coefficient (Wildman–Crippen LogP) is 5.75. The first-order valence-electron chi connectivity index (χ1n) is 6.29. The maximum absolute atomic E-state index is 2.31. The summed E-state index contributed by atoms with van der Waals surface area (Å²) in [5, 5.41) is 5.49. The number of thioether (sulfide) groups is 2. The van der Waals surface area contributed by atoms with Gasteiger partial charge < -0.3 is 0 Å². The summed E-state index contributed by atoms with van der Waals surface area (Å²) >= 11 is 3.70. The van der Waals surface area contributed by atoms with E-state index in [1.54, 1.807) is 0 Å². The smallest absolute Gasteiger partial charge is 0.0290 e. The fraction of sp³-hybridized carbons (Fsp3) is 0.176. The van der Waals surface area contributed by atoms with E-state index in [0.29, 0.717) is 0 Å². The van der Waals surface area contributed by atoms with Crippen LogP contribution in [0, 0.1) is 6.92 Å². The van der Waals surface area contributed by atoms with Crippen LogP contribution in [0.25, 0.3) is 21.5 Å². The molecule has 3 aromatic carbocycles. The summed E-state index contributed by atoms with van der Waals surface area (Å²) in [6.07, 6.45) is 4.34. The molecular weight excluding hydrogens is 268 g/mol. The second kappa shape index (κ2) is 5.10. The first-order chi connectivity index (χ1) is 9.26. The number of hydrogen-bond donors (Lipinski definition) is 0. The molecule has 0 radical (unpaired) electrons. The van der Waals surface area contributed by atoms with Crippen molar-refractivity contribution in [1.29, 1.82) is 0 Å². The largest absolute Gasteiger partial charge is 0.128 e. The van der Waals surface area contributed by atoms with Crippen molar-refractivity contribution < 1.29 is 0 Å². The number of benzene rings is 3. The van der Waals surface area contributed by atoms with Gasteiger partial charge in [-0.1, -0.05) is 48.0 Å². The minimum absolute atomic E-state index is 1.32. The molecule has 2 heteroatoms.